The number of carbonyl (C=O) groups is 6. The fraction of sp³-hybridized carbons (Fsp3) is 0.128. The van der Waals surface area contributed by atoms with Crippen LogP contribution in [0.5, 0.6) is 0 Å². The van der Waals surface area contributed by atoms with E-state index in [1.807, 2.05) is 24.3 Å². The Bertz CT molecular complexity index is 2840. The van der Waals surface area contributed by atoms with Crippen LogP contribution in [0.3, 0.4) is 0 Å². The largest absolute Gasteiger partial charge is 0.463 e. The monoisotopic (exact) mass is 826 g/mol. The summed E-state index contributed by atoms with van der Waals surface area (Å²) in [4.78, 5) is 92.1. The second-order valence-corrected chi connectivity index (χ2v) is 14.4. The molecule has 15 heteroatoms. The number of hydrogen-bond donors (Lipinski definition) is 3. The Balaban J connectivity index is 0.827. The van der Waals surface area contributed by atoms with Gasteiger partial charge >= 0.3 is 0 Å². The van der Waals surface area contributed by atoms with E-state index in [-0.39, 0.29) is 41.5 Å². The van der Waals surface area contributed by atoms with Crippen LogP contribution in [0, 0.1) is 22.0 Å². The summed E-state index contributed by atoms with van der Waals surface area (Å²) in [6, 6.07) is 30.5. The number of anilines is 1. The number of hydrogen-bond acceptors (Lipinski definition) is 10. The normalized spacial score (nSPS) is 14.4. The molecule has 2 aromatic heterocycles. The summed E-state index contributed by atoms with van der Waals surface area (Å²) in [6.07, 6.45) is 2.65. The number of imide groups is 2. The van der Waals surface area contributed by atoms with Crippen LogP contribution in [-0.4, -0.2) is 62.8 Å². The number of carbonyl (C=O) groups excluding carboxylic acids is 6. The highest BCUT2D eigenvalue weighted by Crippen LogP contribution is 2.32. The van der Waals surface area contributed by atoms with E-state index in [0.717, 1.165) is 16.0 Å². The number of nitro benzene ring substituents is 1. The Kier molecular flexibility index (Phi) is 11.3. The molecular formula is C47H34N6O9. The summed E-state index contributed by atoms with van der Waals surface area (Å²) in [5.74, 6) is 3.60. The summed E-state index contributed by atoms with van der Waals surface area (Å²) in [6.45, 7) is 0.349. The minimum Gasteiger partial charge on any atom is -0.463 e. The molecule has 15 nitrogen and oxygen atoms in total. The number of benzene rings is 4. The van der Waals surface area contributed by atoms with E-state index in [1.165, 1.54) is 24.3 Å². The van der Waals surface area contributed by atoms with Crippen molar-refractivity contribution < 1.29 is 38.1 Å². The Hall–Kier alpha value is -8.51. The predicted molar refractivity (Wildman–Crippen MR) is 225 cm³/mol. The molecule has 8 rings (SSSR count). The first-order chi connectivity index (χ1) is 30.0. The van der Waals surface area contributed by atoms with Crippen LogP contribution in [0.4, 0.5) is 11.4 Å². The standard InChI is InChI=1S/C47H34N6O9/c54-42-22-21-40(45(57)51-42)52-46(58)36-20-7-28(25-37(36)47(52)59)5-2-1-3-23-48-43(55)31-12-16-34(17-13-31)49-44(56)32-10-8-29(9-11-32)33-26-38(30-14-18-35(19-15-30)53(60)61)50-39(27-33)41-6-4-24-62-41/h4,6-20,24-27,40H,1,3,21-23H2,(H,48,55)(H,49,56)(H,51,54,57). The molecule has 1 saturated heterocycles. The van der Waals surface area contributed by atoms with Crippen molar-refractivity contribution in [1.82, 2.24) is 20.5 Å². The zero-order valence-electron chi connectivity index (χ0n) is 32.7. The van der Waals surface area contributed by atoms with Crippen LogP contribution in [0.15, 0.2) is 126 Å². The molecule has 0 aliphatic carbocycles. The molecule has 2 aliphatic heterocycles. The van der Waals surface area contributed by atoms with Crippen molar-refractivity contribution in [1.29, 1.82) is 0 Å². The zero-order valence-corrected chi connectivity index (χ0v) is 32.7. The Labute approximate surface area is 353 Å². The molecule has 1 unspecified atom stereocenters. The minimum absolute atomic E-state index is 0.0275. The lowest BCUT2D eigenvalue weighted by atomic mass is 10.00. The molecule has 306 valence electrons. The average molecular weight is 827 g/mol. The van der Waals surface area contributed by atoms with E-state index < -0.39 is 34.6 Å². The van der Waals surface area contributed by atoms with Gasteiger partial charge in [-0.15, -0.1) is 0 Å². The smallest absolute Gasteiger partial charge is 0.269 e. The Morgan fingerprint density at radius 1 is 0.806 bits per heavy atom. The first-order valence-corrected chi connectivity index (χ1v) is 19.5. The lowest BCUT2D eigenvalue weighted by Gasteiger charge is -2.27. The maximum atomic E-state index is 13.2. The van der Waals surface area contributed by atoms with Crippen LogP contribution in [-0.2, 0) is 9.59 Å². The highest BCUT2D eigenvalue weighted by atomic mass is 16.6. The van der Waals surface area contributed by atoms with Gasteiger partial charge in [-0.3, -0.25) is 49.1 Å². The second kappa shape index (κ2) is 17.4. The quantitative estimate of drug-likeness (QED) is 0.0409. The Morgan fingerprint density at radius 2 is 1.50 bits per heavy atom. The van der Waals surface area contributed by atoms with Crippen molar-refractivity contribution in [3.63, 3.8) is 0 Å². The van der Waals surface area contributed by atoms with E-state index >= 15 is 0 Å². The number of unbranched alkanes of at least 4 members (excludes halogenated alkanes) is 1. The highest BCUT2D eigenvalue weighted by Gasteiger charge is 2.44. The third kappa shape index (κ3) is 8.61. The number of nitro groups is 1. The van der Waals surface area contributed by atoms with Gasteiger partial charge in [0.1, 0.15) is 11.7 Å². The van der Waals surface area contributed by atoms with Crippen molar-refractivity contribution in [3.05, 3.63) is 159 Å². The zero-order chi connectivity index (χ0) is 43.3. The fourth-order valence-corrected chi connectivity index (χ4v) is 7.07. The summed E-state index contributed by atoms with van der Waals surface area (Å²) in [5, 5.41) is 19.1. The molecule has 6 amide bonds. The average Bonchev–Trinajstić information content (AvgIpc) is 3.91. The maximum absolute atomic E-state index is 13.2. The molecule has 4 heterocycles. The summed E-state index contributed by atoms with van der Waals surface area (Å²) >= 11 is 0. The molecule has 1 atom stereocenters. The molecule has 2 aliphatic rings. The molecule has 0 saturated carbocycles. The molecule has 62 heavy (non-hydrogen) atoms. The van der Waals surface area contributed by atoms with E-state index in [0.29, 0.717) is 64.5 Å². The number of piperidine rings is 1. The third-order valence-electron chi connectivity index (χ3n) is 10.3. The van der Waals surface area contributed by atoms with Crippen LogP contribution in [0.1, 0.15) is 72.7 Å². The van der Waals surface area contributed by atoms with Crippen molar-refractivity contribution in [3.8, 4) is 45.7 Å². The number of nitrogens with one attached hydrogen (secondary N) is 3. The predicted octanol–water partition coefficient (Wildman–Crippen LogP) is 6.80. The third-order valence-corrected chi connectivity index (χ3v) is 10.3. The van der Waals surface area contributed by atoms with Gasteiger partial charge in [-0.25, -0.2) is 4.98 Å². The van der Waals surface area contributed by atoms with Gasteiger partial charge in [0.05, 0.1) is 28.0 Å². The molecule has 0 bridgehead atoms. The first-order valence-electron chi connectivity index (χ1n) is 19.5. The number of non-ortho nitro benzene ring substituents is 1. The van der Waals surface area contributed by atoms with Crippen molar-refractivity contribution in [2.45, 2.75) is 31.7 Å². The molecule has 1 fully saturated rings. The lowest BCUT2D eigenvalue weighted by Crippen LogP contribution is -2.54. The van der Waals surface area contributed by atoms with E-state index in [2.05, 4.69) is 27.8 Å². The van der Waals surface area contributed by atoms with E-state index in [1.54, 1.807) is 73.0 Å². The topological polar surface area (TPSA) is 211 Å². The van der Waals surface area contributed by atoms with Gasteiger partial charge in [-0.1, -0.05) is 24.0 Å². The SMILES string of the molecule is O=C1CCC(N2C(=O)c3ccc(C#CCCCNC(=O)c4ccc(NC(=O)c5ccc(-c6cc(-c7ccc([N+](=O)[O-])cc7)nc(-c7ccco7)c6)cc5)cc4)cc3C2=O)C(=O)N1. The van der Waals surface area contributed by atoms with Crippen LogP contribution in [0.2, 0.25) is 0 Å². The molecule has 3 N–H and O–H groups in total. The van der Waals surface area contributed by atoms with Gasteiger partial charge in [0.25, 0.3) is 29.3 Å². The number of pyridine rings is 1. The highest BCUT2D eigenvalue weighted by molar-refractivity contribution is 6.23. The number of amides is 6. The van der Waals surface area contributed by atoms with Gasteiger partial charge in [0.15, 0.2) is 5.76 Å². The number of nitrogens with zero attached hydrogens (tertiary/aromatic N) is 3. The molecule has 0 radical (unpaired) electrons. The Morgan fingerprint density at radius 3 is 2.21 bits per heavy atom. The number of furan rings is 1. The first kappa shape index (κ1) is 40.3. The van der Waals surface area contributed by atoms with Gasteiger partial charge in [0.2, 0.25) is 11.8 Å². The van der Waals surface area contributed by atoms with Gasteiger partial charge < -0.3 is 15.1 Å². The summed E-state index contributed by atoms with van der Waals surface area (Å²) in [7, 11) is 0. The lowest BCUT2D eigenvalue weighted by molar-refractivity contribution is -0.384. The van der Waals surface area contributed by atoms with Crippen molar-refractivity contribution in [2.24, 2.45) is 0 Å². The summed E-state index contributed by atoms with van der Waals surface area (Å²) in [5.41, 5.74) is 5.58. The van der Waals surface area contributed by atoms with Gasteiger partial charge in [-0.05, 0) is 115 Å². The number of rotatable bonds is 11. The van der Waals surface area contributed by atoms with E-state index in [4.69, 9.17) is 9.40 Å². The second-order valence-electron chi connectivity index (χ2n) is 14.4. The molecule has 0 spiro atoms. The molecule has 6 aromatic rings. The molecular weight excluding hydrogens is 793 g/mol. The van der Waals surface area contributed by atoms with Crippen LogP contribution < -0.4 is 16.0 Å². The fourth-order valence-electron chi connectivity index (χ4n) is 7.07. The van der Waals surface area contributed by atoms with E-state index in [9.17, 15) is 38.9 Å². The van der Waals surface area contributed by atoms with Gasteiger partial charge in [0, 0.05) is 59.5 Å². The number of fused-ring (bicyclic) bond motifs is 1. The van der Waals surface area contributed by atoms with Crippen molar-refractivity contribution >= 4 is 46.8 Å². The van der Waals surface area contributed by atoms with Crippen molar-refractivity contribution in [2.75, 3.05) is 11.9 Å². The summed E-state index contributed by atoms with van der Waals surface area (Å²) < 4.78 is 5.60. The van der Waals surface area contributed by atoms with Crippen LogP contribution in [0.25, 0.3) is 33.8 Å². The minimum atomic E-state index is -1.04. The number of aromatic nitrogens is 1. The van der Waals surface area contributed by atoms with Gasteiger partial charge in [-0.2, -0.15) is 0 Å². The van der Waals surface area contributed by atoms with Crippen LogP contribution >= 0.6 is 0 Å². The maximum Gasteiger partial charge on any atom is 0.269 e. The molecule has 4 aromatic carbocycles.